The van der Waals surface area contributed by atoms with Crippen molar-refractivity contribution in [2.75, 3.05) is 19.8 Å². The number of hydrogen-bond donors (Lipinski definition) is 2. The molecule has 21 heavy (non-hydrogen) atoms. The van der Waals surface area contributed by atoms with E-state index in [1.54, 1.807) is 6.07 Å². The number of rotatable bonds is 6. The van der Waals surface area contributed by atoms with Crippen LogP contribution in [0.25, 0.3) is 6.08 Å². The maximum absolute atomic E-state index is 9.13. The smallest absolute Gasteiger partial charge is 0.145 e. The minimum Gasteiger partial charge on any atom is -0.487 e. The summed E-state index contributed by atoms with van der Waals surface area (Å²) >= 11 is 12.2. The minimum atomic E-state index is 0.234. The standard InChI is InChI=1S/C16H19Cl2NO2/c17-13-6-12-5-10(9-21-16(12)14(18)7-13)8-19-15(3-4-20)11-1-2-11/h5-7,11,15,19-20H,1-4,8-9H2. The summed E-state index contributed by atoms with van der Waals surface area (Å²) in [5.74, 6) is 1.43. The van der Waals surface area contributed by atoms with Gasteiger partial charge in [0, 0.05) is 29.8 Å². The van der Waals surface area contributed by atoms with Crippen molar-refractivity contribution in [3.8, 4) is 5.75 Å². The van der Waals surface area contributed by atoms with Crippen molar-refractivity contribution in [1.29, 1.82) is 0 Å². The third kappa shape index (κ3) is 3.72. The molecule has 0 saturated heterocycles. The normalized spacial score (nSPS) is 18.7. The molecule has 1 aliphatic carbocycles. The molecule has 5 heteroatoms. The fourth-order valence-electron chi connectivity index (χ4n) is 2.77. The van der Waals surface area contributed by atoms with Crippen molar-refractivity contribution < 1.29 is 9.84 Å². The van der Waals surface area contributed by atoms with Crippen molar-refractivity contribution in [2.45, 2.75) is 25.3 Å². The molecule has 1 fully saturated rings. The lowest BCUT2D eigenvalue weighted by molar-refractivity contribution is 0.257. The van der Waals surface area contributed by atoms with Crippen LogP contribution in [-0.4, -0.2) is 30.9 Å². The monoisotopic (exact) mass is 327 g/mol. The van der Waals surface area contributed by atoms with E-state index in [2.05, 4.69) is 11.4 Å². The van der Waals surface area contributed by atoms with E-state index in [1.807, 2.05) is 6.07 Å². The lowest BCUT2D eigenvalue weighted by atomic mass is 10.1. The summed E-state index contributed by atoms with van der Waals surface area (Å²) in [6.45, 7) is 1.54. The summed E-state index contributed by atoms with van der Waals surface area (Å²) in [5.41, 5.74) is 2.10. The predicted molar refractivity (Wildman–Crippen MR) is 86.2 cm³/mol. The number of aliphatic hydroxyl groups excluding tert-OH is 1. The molecule has 1 aromatic rings. The predicted octanol–water partition coefficient (Wildman–Crippen LogP) is 3.52. The van der Waals surface area contributed by atoms with Gasteiger partial charge in [-0.3, -0.25) is 0 Å². The largest absolute Gasteiger partial charge is 0.487 e. The van der Waals surface area contributed by atoms with Crippen LogP contribution in [-0.2, 0) is 0 Å². The van der Waals surface area contributed by atoms with Gasteiger partial charge in [0.05, 0.1) is 5.02 Å². The zero-order valence-corrected chi connectivity index (χ0v) is 13.3. The zero-order valence-electron chi connectivity index (χ0n) is 11.7. The molecule has 0 radical (unpaired) electrons. The molecule has 0 spiro atoms. The number of ether oxygens (including phenoxy) is 1. The van der Waals surface area contributed by atoms with Gasteiger partial charge in [-0.1, -0.05) is 23.2 Å². The van der Waals surface area contributed by atoms with Crippen LogP contribution in [0.1, 0.15) is 24.8 Å². The number of benzene rings is 1. The summed E-state index contributed by atoms with van der Waals surface area (Å²) < 4.78 is 5.74. The Balaban J connectivity index is 1.67. The van der Waals surface area contributed by atoms with Gasteiger partial charge >= 0.3 is 0 Å². The molecular formula is C16H19Cl2NO2. The second-order valence-corrected chi connectivity index (χ2v) is 6.58. The average Bonchev–Trinajstić information content (AvgIpc) is 3.27. The van der Waals surface area contributed by atoms with Gasteiger partial charge in [-0.2, -0.15) is 0 Å². The number of nitrogens with one attached hydrogen (secondary N) is 1. The van der Waals surface area contributed by atoms with E-state index in [-0.39, 0.29) is 6.61 Å². The molecule has 3 rings (SSSR count). The van der Waals surface area contributed by atoms with Gasteiger partial charge < -0.3 is 15.2 Å². The first-order chi connectivity index (χ1) is 10.2. The zero-order chi connectivity index (χ0) is 14.8. The van der Waals surface area contributed by atoms with E-state index in [0.717, 1.165) is 24.4 Å². The number of fused-ring (bicyclic) bond motifs is 1. The molecule has 1 unspecified atom stereocenters. The van der Waals surface area contributed by atoms with E-state index in [0.29, 0.717) is 28.4 Å². The van der Waals surface area contributed by atoms with Crippen LogP contribution in [0, 0.1) is 5.92 Å². The van der Waals surface area contributed by atoms with Crippen LogP contribution in [0.5, 0.6) is 5.75 Å². The molecule has 0 aromatic heterocycles. The first-order valence-electron chi connectivity index (χ1n) is 7.33. The second-order valence-electron chi connectivity index (χ2n) is 5.73. The van der Waals surface area contributed by atoms with Crippen LogP contribution < -0.4 is 10.1 Å². The van der Waals surface area contributed by atoms with E-state index >= 15 is 0 Å². The molecule has 114 valence electrons. The average molecular weight is 328 g/mol. The Morgan fingerprint density at radius 3 is 2.86 bits per heavy atom. The molecule has 1 aromatic carbocycles. The Kier molecular flexibility index (Phi) is 4.75. The van der Waals surface area contributed by atoms with Crippen molar-refractivity contribution in [3.63, 3.8) is 0 Å². The third-order valence-corrected chi connectivity index (χ3v) is 4.52. The number of hydrogen-bond acceptors (Lipinski definition) is 3. The molecule has 2 N–H and O–H groups in total. The first-order valence-corrected chi connectivity index (χ1v) is 8.08. The lowest BCUT2D eigenvalue weighted by Crippen LogP contribution is -2.34. The van der Waals surface area contributed by atoms with Crippen molar-refractivity contribution in [1.82, 2.24) is 5.32 Å². The van der Waals surface area contributed by atoms with Gasteiger partial charge in [0.1, 0.15) is 12.4 Å². The number of aliphatic hydroxyl groups is 1. The molecular weight excluding hydrogens is 309 g/mol. The minimum absolute atomic E-state index is 0.234. The summed E-state index contributed by atoms with van der Waals surface area (Å²) in [5, 5.41) is 13.8. The Hall–Kier alpha value is -0.740. The van der Waals surface area contributed by atoms with E-state index in [4.69, 9.17) is 33.0 Å². The van der Waals surface area contributed by atoms with Crippen LogP contribution >= 0.6 is 23.2 Å². The van der Waals surface area contributed by atoms with Crippen molar-refractivity contribution in [2.24, 2.45) is 5.92 Å². The van der Waals surface area contributed by atoms with Crippen LogP contribution in [0.2, 0.25) is 10.0 Å². The van der Waals surface area contributed by atoms with Gasteiger partial charge in [-0.25, -0.2) is 0 Å². The van der Waals surface area contributed by atoms with Gasteiger partial charge in [0.15, 0.2) is 0 Å². The molecule has 0 amide bonds. The van der Waals surface area contributed by atoms with Gasteiger partial charge in [-0.05, 0) is 49.0 Å². The third-order valence-electron chi connectivity index (χ3n) is 4.02. The van der Waals surface area contributed by atoms with Crippen LogP contribution in [0.3, 0.4) is 0 Å². The first kappa shape index (κ1) is 15.2. The summed E-state index contributed by atoms with van der Waals surface area (Å²) in [6.07, 6.45) is 5.43. The Bertz CT molecular complexity index is 555. The lowest BCUT2D eigenvalue weighted by Gasteiger charge is -2.22. The highest BCUT2D eigenvalue weighted by Crippen LogP contribution is 2.37. The molecule has 1 aliphatic heterocycles. The topological polar surface area (TPSA) is 41.5 Å². The maximum atomic E-state index is 9.13. The Morgan fingerprint density at radius 1 is 1.33 bits per heavy atom. The fraction of sp³-hybridized carbons (Fsp3) is 0.500. The van der Waals surface area contributed by atoms with Crippen LogP contribution in [0.4, 0.5) is 0 Å². The van der Waals surface area contributed by atoms with Gasteiger partial charge in [0.25, 0.3) is 0 Å². The molecule has 2 aliphatic rings. The summed E-state index contributed by atoms with van der Waals surface area (Å²) in [6, 6.07) is 3.97. The van der Waals surface area contributed by atoms with Crippen LogP contribution in [0.15, 0.2) is 17.7 Å². The highest BCUT2D eigenvalue weighted by Gasteiger charge is 2.30. The molecule has 1 atom stereocenters. The van der Waals surface area contributed by atoms with Crippen molar-refractivity contribution >= 4 is 29.3 Å². The molecule has 1 saturated carbocycles. The maximum Gasteiger partial charge on any atom is 0.145 e. The highest BCUT2D eigenvalue weighted by molar-refractivity contribution is 6.36. The summed E-state index contributed by atoms with van der Waals surface area (Å²) in [7, 11) is 0. The Labute approximate surface area is 134 Å². The quantitative estimate of drug-likeness (QED) is 0.839. The summed E-state index contributed by atoms with van der Waals surface area (Å²) in [4.78, 5) is 0. The second kappa shape index (κ2) is 6.57. The van der Waals surface area contributed by atoms with E-state index in [9.17, 15) is 0 Å². The molecule has 1 heterocycles. The van der Waals surface area contributed by atoms with Crippen molar-refractivity contribution in [3.05, 3.63) is 33.3 Å². The SMILES string of the molecule is OCCC(NCC1=Cc2cc(Cl)cc(Cl)c2OC1)C1CC1. The molecule has 0 bridgehead atoms. The Morgan fingerprint density at radius 2 is 2.14 bits per heavy atom. The fourth-order valence-corrected chi connectivity index (χ4v) is 3.34. The van der Waals surface area contributed by atoms with E-state index in [1.165, 1.54) is 18.4 Å². The van der Waals surface area contributed by atoms with E-state index < -0.39 is 0 Å². The molecule has 3 nitrogen and oxygen atoms in total. The number of halogens is 2. The highest BCUT2D eigenvalue weighted by atomic mass is 35.5. The van der Waals surface area contributed by atoms with Gasteiger partial charge in [-0.15, -0.1) is 0 Å². The van der Waals surface area contributed by atoms with Gasteiger partial charge in [0.2, 0.25) is 0 Å².